The lowest BCUT2D eigenvalue weighted by Gasteiger charge is -2.16. The number of primary amides is 2. The van der Waals surface area contributed by atoms with Gasteiger partial charge >= 0.3 is 0 Å². The summed E-state index contributed by atoms with van der Waals surface area (Å²) in [5.41, 5.74) is 9.77. The Morgan fingerprint density at radius 2 is 1.58 bits per heavy atom. The molecule has 0 aromatic heterocycles. The number of hydrogen-bond donors (Lipinski definition) is 3. The zero-order chi connectivity index (χ0) is 9.56. The molecule has 0 spiro atoms. The van der Waals surface area contributed by atoms with Gasteiger partial charge in [0.2, 0.25) is 11.8 Å². The van der Waals surface area contributed by atoms with E-state index < -0.39 is 11.8 Å². The number of amides is 2. The van der Waals surface area contributed by atoms with Gasteiger partial charge in [-0.15, -0.1) is 0 Å². The zero-order valence-corrected chi connectivity index (χ0v) is 6.69. The Kier molecular flexibility index (Phi) is 4.98. The SMILES string of the molecule is NC(=O)CN(CCO)CC(N)=O. The third-order valence-corrected chi connectivity index (χ3v) is 1.18. The predicted molar refractivity (Wildman–Crippen MR) is 41.9 cm³/mol. The number of nitrogens with zero attached hydrogens (tertiary/aromatic N) is 1. The summed E-state index contributed by atoms with van der Waals surface area (Å²) in [7, 11) is 0. The highest BCUT2D eigenvalue weighted by Gasteiger charge is 2.09. The lowest BCUT2D eigenvalue weighted by molar-refractivity contribution is -0.122. The molecule has 0 bridgehead atoms. The average molecular weight is 175 g/mol. The van der Waals surface area contributed by atoms with E-state index in [0.29, 0.717) is 0 Å². The lowest BCUT2D eigenvalue weighted by atomic mass is 10.4. The van der Waals surface area contributed by atoms with Gasteiger partial charge in [0.1, 0.15) is 0 Å². The summed E-state index contributed by atoms with van der Waals surface area (Å²) in [6.45, 7) is -0.0561. The maximum absolute atomic E-state index is 10.4. The first-order valence-corrected chi connectivity index (χ1v) is 3.46. The molecule has 0 aliphatic carbocycles. The van der Waals surface area contributed by atoms with Crippen molar-refractivity contribution in [3.05, 3.63) is 0 Å². The molecule has 0 saturated heterocycles. The van der Waals surface area contributed by atoms with Crippen LogP contribution in [0, 0.1) is 0 Å². The molecule has 0 radical (unpaired) electrons. The Morgan fingerprint density at radius 1 is 1.17 bits per heavy atom. The molecule has 5 N–H and O–H groups in total. The molecule has 0 atom stereocenters. The van der Waals surface area contributed by atoms with Crippen molar-refractivity contribution in [2.45, 2.75) is 0 Å². The Labute approximate surface area is 70.1 Å². The van der Waals surface area contributed by atoms with Crippen molar-refractivity contribution in [1.82, 2.24) is 4.90 Å². The van der Waals surface area contributed by atoms with Gasteiger partial charge in [-0.2, -0.15) is 0 Å². The van der Waals surface area contributed by atoms with Crippen molar-refractivity contribution >= 4 is 11.8 Å². The second-order valence-corrected chi connectivity index (χ2v) is 2.37. The van der Waals surface area contributed by atoms with E-state index in [1.807, 2.05) is 0 Å². The fraction of sp³-hybridized carbons (Fsp3) is 0.667. The minimum absolute atomic E-state index is 0.0660. The summed E-state index contributed by atoms with van der Waals surface area (Å²) in [6.07, 6.45) is 0. The zero-order valence-electron chi connectivity index (χ0n) is 6.69. The molecule has 0 aromatic carbocycles. The van der Waals surface area contributed by atoms with Crippen LogP contribution >= 0.6 is 0 Å². The standard InChI is InChI=1S/C6H13N3O3/c7-5(11)3-9(1-2-10)4-6(8)12/h10H,1-4H2,(H2,7,11)(H2,8,12). The van der Waals surface area contributed by atoms with E-state index in [-0.39, 0.29) is 26.2 Å². The lowest BCUT2D eigenvalue weighted by Crippen LogP contribution is -2.40. The average Bonchev–Trinajstić information content (AvgIpc) is 1.84. The maximum Gasteiger partial charge on any atom is 0.231 e. The topological polar surface area (TPSA) is 110 Å². The molecule has 0 saturated carbocycles. The van der Waals surface area contributed by atoms with Crippen LogP contribution in [0.15, 0.2) is 0 Å². The van der Waals surface area contributed by atoms with Crippen molar-refractivity contribution < 1.29 is 14.7 Å². The maximum atomic E-state index is 10.4. The van der Waals surface area contributed by atoms with Gasteiger partial charge < -0.3 is 16.6 Å². The van der Waals surface area contributed by atoms with Crippen LogP contribution in [0.1, 0.15) is 0 Å². The first-order chi connectivity index (χ1) is 5.56. The van der Waals surface area contributed by atoms with Gasteiger partial charge in [-0.25, -0.2) is 0 Å². The van der Waals surface area contributed by atoms with E-state index in [9.17, 15) is 9.59 Å². The normalized spacial score (nSPS) is 10.2. The van der Waals surface area contributed by atoms with Gasteiger partial charge in [0, 0.05) is 6.54 Å². The first-order valence-electron chi connectivity index (χ1n) is 3.46. The van der Waals surface area contributed by atoms with Crippen LogP contribution in [0.3, 0.4) is 0 Å². The molecule has 0 aliphatic heterocycles. The number of aliphatic hydroxyl groups is 1. The number of rotatable bonds is 6. The highest BCUT2D eigenvalue weighted by Crippen LogP contribution is 1.84. The minimum atomic E-state index is -0.551. The first kappa shape index (κ1) is 10.9. The molecule has 0 heterocycles. The van der Waals surface area contributed by atoms with Gasteiger partial charge in [-0.05, 0) is 0 Å². The van der Waals surface area contributed by atoms with Gasteiger partial charge in [0.05, 0.1) is 19.7 Å². The van der Waals surface area contributed by atoms with Crippen molar-refractivity contribution in [3.63, 3.8) is 0 Å². The molecular weight excluding hydrogens is 162 g/mol. The number of nitrogens with two attached hydrogens (primary N) is 2. The molecule has 0 aliphatic rings. The summed E-state index contributed by atoms with van der Waals surface area (Å²) in [5, 5.41) is 8.52. The predicted octanol–water partition coefficient (Wildman–Crippen LogP) is -2.75. The molecule has 0 fully saturated rings. The Balaban J connectivity index is 3.85. The summed E-state index contributed by atoms with van der Waals surface area (Å²) < 4.78 is 0. The summed E-state index contributed by atoms with van der Waals surface area (Å²) >= 11 is 0. The van der Waals surface area contributed by atoms with E-state index in [2.05, 4.69) is 0 Å². The van der Waals surface area contributed by atoms with Crippen LogP contribution in [0.2, 0.25) is 0 Å². The molecule has 0 rings (SSSR count). The third kappa shape index (κ3) is 5.63. The van der Waals surface area contributed by atoms with Crippen molar-refractivity contribution in [2.75, 3.05) is 26.2 Å². The number of carbonyl (C=O) groups is 2. The summed E-state index contributed by atoms with van der Waals surface area (Å²) in [5.74, 6) is -1.10. The van der Waals surface area contributed by atoms with Gasteiger partial charge in [0.25, 0.3) is 0 Å². The highest BCUT2D eigenvalue weighted by molar-refractivity contribution is 5.79. The molecular formula is C6H13N3O3. The van der Waals surface area contributed by atoms with E-state index in [4.69, 9.17) is 16.6 Å². The van der Waals surface area contributed by atoms with Gasteiger partial charge in [-0.3, -0.25) is 14.5 Å². The second kappa shape index (κ2) is 5.50. The molecule has 12 heavy (non-hydrogen) atoms. The summed E-state index contributed by atoms with van der Waals surface area (Å²) in [4.78, 5) is 22.2. The van der Waals surface area contributed by atoms with Crippen molar-refractivity contribution in [1.29, 1.82) is 0 Å². The van der Waals surface area contributed by atoms with Gasteiger partial charge in [-0.1, -0.05) is 0 Å². The molecule has 6 nitrogen and oxygen atoms in total. The number of hydrogen-bond acceptors (Lipinski definition) is 4. The van der Waals surface area contributed by atoms with Crippen LogP contribution < -0.4 is 11.5 Å². The quantitative estimate of drug-likeness (QED) is 0.406. The van der Waals surface area contributed by atoms with Crippen molar-refractivity contribution in [3.8, 4) is 0 Å². The molecule has 70 valence electrons. The Morgan fingerprint density at radius 3 is 1.83 bits per heavy atom. The van der Waals surface area contributed by atoms with Crippen LogP contribution in [0.5, 0.6) is 0 Å². The van der Waals surface area contributed by atoms with Crippen LogP contribution in [0.4, 0.5) is 0 Å². The minimum Gasteiger partial charge on any atom is -0.395 e. The monoisotopic (exact) mass is 175 g/mol. The van der Waals surface area contributed by atoms with Crippen LogP contribution in [-0.2, 0) is 9.59 Å². The molecule has 0 unspecified atom stereocenters. The fourth-order valence-corrected chi connectivity index (χ4v) is 0.796. The van der Waals surface area contributed by atoms with E-state index >= 15 is 0 Å². The highest BCUT2D eigenvalue weighted by atomic mass is 16.3. The largest absolute Gasteiger partial charge is 0.395 e. The Hall–Kier alpha value is -1.14. The second-order valence-electron chi connectivity index (χ2n) is 2.37. The van der Waals surface area contributed by atoms with Crippen molar-refractivity contribution in [2.24, 2.45) is 11.5 Å². The van der Waals surface area contributed by atoms with E-state index in [1.54, 1.807) is 0 Å². The molecule has 2 amide bonds. The molecule has 6 heteroatoms. The smallest absolute Gasteiger partial charge is 0.231 e. The van der Waals surface area contributed by atoms with Crippen LogP contribution in [0.25, 0.3) is 0 Å². The Bertz CT molecular complexity index is 155. The third-order valence-electron chi connectivity index (χ3n) is 1.18. The van der Waals surface area contributed by atoms with Crippen LogP contribution in [-0.4, -0.2) is 48.1 Å². The molecule has 0 aromatic rings. The summed E-state index contributed by atoms with van der Waals surface area (Å²) in [6, 6.07) is 0. The van der Waals surface area contributed by atoms with Gasteiger partial charge in [0.15, 0.2) is 0 Å². The number of carbonyl (C=O) groups excluding carboxylic acids is 2. The van der Waals surface area contributed by atoms with E-state index in [0.717, 1.165) is 0 Å². The fourth-order valence-electron chi connectivity index (χ4n) is 0.796. The van der Waals surface area contributed by atoms with E-state index in [1.165, 1.54) is 4.90 Å². The number of aliphatic hydroxyl groups excluding tert-OH is 1.